The molecule has 108 valence electrons. The quantitative estimate of drug-likeness (QED) is 0.850. The first-order valence-corrected chi connectivity index (χ1v) is 7.21. The zero-order valence-electron chi connectivity index (χ0n) is 11.6. The minimum atomic E-state index is -0.185. The summed E-state index contributed by atoms with van der Waals surface area (Å²) < 4.78 is 5.06. The van der Waals surface area contributed by atoms with Crippen LogP contribution in [0.4, 0.5) is 0 Å². The van der Waals surface area contributed by atoms with E-state index in [4.69, 9.17) is 9.84 Å². The Morgan fingerprint density at radius 3 is 2.95 bits per heavy atom. The van der Waals surface area contributed by atoms with E-state index >= 15 is 0 Å². The summed E-state index contributed by atoms with van der Waals surface area (Å²) in [5, 5.41) is 13.4. The summed E-state index contributed by atoms with van der Waals surface area (Å²) in [6.45, 7) is 0.199. The molecule has 0 aliphatic heterocycles. The highest BCUT2D eigenvalue weighted by Crippen LogP contribution is 2.21. The van der Waals surface area contributed by atoms with Gasteiger partial charge in [0.25, 0.3) is 5.91 Å². The van der Waals surface area contributed by atoms with Gasteiger partial charge in [0.1, 0.15) is 12.4 Å². The minimum Gasteiger partial charge on any atom is -0.496 e. The second kappa shape index (κ2) is 7.48. The number of hydrogen-bond donors (Lipinski definition) is 2. The first-order chi connectivity index (χ1) is 10.2. The number of nitrogens with one attached hydrogen (secondary N) is 1. The lowest BCUT2D eigenvalue weighted by atomic mass is 10.1. The molecule has 1 aromatic heterocycles. The molecule has 2 aromatic rings. The van der Waals surface area contributed by atoms with E-state index in [-0.39, 0.29) is 12.5 Å². The fourth-order valence-corrected chi connectivity index (χ4v) is 2.51. The first-order valence-electron chi connectivity index (χ1n) is 6.33. The van der Waals surface area contributed by atoms with Crippen molar-refractivity contribution in [2.75, 3.05) is 13.7 Å². The lowest BCUT2D eigenvalue weighted by Gasteiger charge is -2.06. The van der Waals surface area contributed by atoms with Gasteiger partial charge in [-0.1, -0.05) is 30.0 Å². The van der Waals surface area contributed by atoms with Crippen molar-refractivity contribution in [3.05, 3.63) is 51.7 Å². The standard InChI is InChI=1S/C16H15NO3S/c1-20-14-9-15(21-11-14)16(19)17-10-13-6-3-2-5-12(13)7-4-8-18/h2-3,5-6,9,11,18H,8,10H2,1H3,(H,17,19). The second-order valence-corrected chi connectivity index (χ2v) is 5.06. The Hall–Kier alpha value is -2.29. The normalized spacial score (nSPS) is 9.62. The Balaban J connectivity index is 2.04. The smallest absolute Gasteiger partial charge is 0.261 e. The van der Waals surface area contributed by atoms with Crippen molar-refractivity contribution in [3.8, 4) is 17.6 Å². The number of ether oxygens (including phenoxy) is 1. The van der Waals surface area contributed by atoms with E-state index in [0.717, 1.165) is 11.1 Å². The number of aliphatic hydroxyl groups is 1. The topological polar surface area (TPSA) is 58.6 Å². The maximum atomic E-state index is 12.0. The lowest BCUT2D eigenvalue weighted by molar-refractivity contribution is 0.0954. The molecule has 21 heavy (non-hydrogen) atoms. The van der Waals surface area contributed by atoms with Crippen molar-refractivity contribution in [2.45, 2.75) is 6.54 Å². The van der Waals surface area contributed by atoms with E-state index in [1.54, 1.807) is 18.6 Å². The van der Waals surface area contributed by atoms with Gasteiger partial charge in [-0.25, -0.2) is 0 Å². The average molecular weight is 301 g/mol. The molecule has 0 saturated carbocycles. The molecule has 2 N–H and O–H groups in total. The Kier molecular flexibility index (Phi) is 5.38. The zero-order chi connectivity index (χ0) is 15.1. The Morgan fingerprint density at radius 1 is 1.43 bits per heavy atom. The molecule has 0 saturated heterocycles. The van der Waals surface area contributed by atoms with Crippen LogP contribution >= 0.6 is 11.3 Å². The molecule has 4 nitrogen and oxygen atoms in total. The van der Waals surface area contributed by atoms with Crippen LogP contribution in [0.15, 0.2) is 35.7 Å². The van der Waals surface area contributed by atoms with Crippen molar-refractivity contribution in [3.63, 3.8) is 0 Å². The molecule has 0 unspecified atom stereocenters. The first kappa shape index (κ1) is 15.1. The van der Waals surface area contributed by atoms with Gasteiger partial charge in [0.2, 0.25) is 0 Å². The summed E-state index contributed by atoms with van der Waals surface area (Å²) in [5.74, 6) is 6.02. The number of thiophene rings is 1. The van der Waals surface area contributed by atoms with Gasteiger partial charge < -0.3 is 15.2 Å². The maximum absolute atomic E-state index is 12.0. The number of carbonyl (C=O) groups excluding carboxylic acids is 1. The highest BCUT2D eigenvalue weighted by atomic mass is 32.1. The van der Waals surface area contributed by atoms with Crippen LogP contribution < -0.4 is 10.1 Å². The van der Waals surface area contributed by atoms with Crippen molar-refractivity contribution in [1.82, 2.24) is 5.32 Å². The van der Waals surface area contributed by atoms with Gasteiger partial charge in [-0.15, -0.1) is 11.3 Å². The fourth-order valence-electron chi connectivity index (χ4n) is 1.74. The number of rotatable bonds is 4. The van der Waals surface area contributed by atoms with Crippen molar-refractivity contribution < 1.29 is 14.6 Å². The van der Waals surface area contributed by atoms with Crippen LogP contribution in [0.25, 0.3) is 0 Å². The molecule has 0 radical (unpaired) electrons. The van der Waals surface area contributed by atoms with Gasteiger partial charge in [0.05, 0.1) is 12.0 Å². The predicted molar refractivity (Wildman–Crippen MR) is 82.4 cm³/mol. The Morgan fingerprint density at radius 2 is 2.24 bits per heavy atom. The van der Waals surface area contributed by atoms with Gasteiger partial charge in [0, 0.05) is 23.6 Å². The van der Waals surface area contributed by atoms with Gasteiger partial charge in [-0.05, 0) is 11.6 Å². The number of carbonyl (C=O) groups is 1. The molecular formula is C16H15NO3S. The predicted octanol–water partition coefficient (Wildman–Crippen LogP) is 2.03. The van der Waals surface area contributed by atoms with Crippen LogP contribution in [0.1, 0.15) is 20.8 Å². The molecule has 5 heteroatoms. The molecule has 0 atom stereocenters. The molecule has 1 heterocycles. The number of benzene rings is 1. The molecule has 0 spiro atoms. The third kappa shape index (κ3) is 4.09. The number of hydrogen-bond acceptors (Lipinski definition) is 4. The van der Waals surface area contributed by atoms with E-state index in [1.165, 1.54) is 11.3 Å². The van der Waals surface area contributed by atoms with E-state index in [2.05, 4.69) is 17.2 Å². The third-order valence-electron chi connectivity index (χ3n) is 2.79. The van der Waals surface area contributed by atoms with Crippen LogP contribution in [-0.4, -0.2) is 24.7 Å². The van der Waals surface area contributed by atoms with E-state index in [9.17, 15) is 4.79 Å². The minimum absolute atomic E-state index is 0.145. The summed E-state index contributed by atoms with van der Waals surface area (Å²) in [4.78, 5) is 12.6. The van der Waals surface area contributed by atoms with Gasteiger partial charge >= 0.3 is 0 Å². The Labute approximate surface area is 127 Å². The zero-order valence-corrected chi connectivity index (χ0v) is 12.4. The summed E-state index contributed by atoms with van der Waals surface area (Å²) >= 11 is 1.34. The SMILES string of the molecule is COc1csc(C(=O)NCc2ccccc2C#CCO)c1. The molecule has 0 aliphatic carbocycles. The van der Waals surface area contributed by atoms with Crippen molar-refractivity contribution >= 4 is 17.2 Å². The second-order valence-electron chi connectivity index (χ2n) is 4.15. The lowest BCUT2D eigenvalue weighted by Crippen LogP contribution is -2.22. The highest BCUT2D eigenvalue weighted by Gasteiger charge is 2.09. The summed E-state index contributed by atoms with van der Waals surface area (Å²) in [7, 11) is 1.57. The van der Waals surface area contributed by atoms with E-state index < -0.39 is 0 Å². The van der Waals surface area contributed by atoms with E-state index in [0.29, 0.717) is 17.2 Å². The maximum Gasteiger partial charge on any atom is 0.261 e. The fraction of sp³-hybridized carbons (Fsp3) is 0.188. The third-order valence-corrected chi connectivity index (χ3v) is 3.70. The van der Waals surface area contributed by atoms with Crippen molar-refractivity contribution in [1.29, 1.82) is 0 Å². The van der Waals surface area contributed by atoms with Gasteiger partial charge in [0.15, 0.2) is 0 Å². The van der Waals surface area contributed by atoms with Crippen molar-refractivity contribution in [2.24, 2.45) is 0 Å². The summed E-state index contributed by atoms with van der Waals surface area (Å²) in [6, 6.07) is 9.23. The van der Waals surface area contributed by atoms with Crippen LogP contribution in [0.2, 0.25) is 0 Å². The molecule has 1 amide bonds. The molecule has 2 rings (SSSR count). The van der Waals surface area contributed by atoms with E-state index in [1.807, 2.05) is 24.3 Å². The van der Waals surface area contributed by atoms with Crippen LogP contribution in [0, 0.1) is 11.8 Å². The summed E-state index contributed by atoms with van der Waals surface area (Å²) in [6.07, 6.45) is 0. The average Bonchev–Trinajstić information content (AvgIpc) is 3.00. The Bertz CT molecular complexity index is 682. The number of aliphatic hydroxyl groups excluding tert-OH is 1. The number of amides is 1. The molecule has 1 aromatic carbocycles. The molecule has 0 fully saturated rings. The van der Waals surface area contributed by atoms with Crippen LogP contribution in [0.3, 0.4) is 0 Å². The van der Waals surface area contributed by atoms with Crippen LogP contribution in [0.5, 0.6) is 5.75 Å². The molecule has 0 aliphatic rings. The number of methoxy groups -OCH3 is 1. The molecular weight excluding hydrogens is 286 g/mol. The van der Waals surface area contributed by atoms with Crippen LogP contribution in [-0.2, 0) is 6.54 Å². The molecule has 0 bridgehead atoms. The van der Waals surface area contributed by atoms with Gasteiger partial charge in [-0.3, -0.25) is 4.79 Å². The van der Waals surface area contributed by atoms with Gasteiger partial charge in [-0.2, -0.15) is 0 Å². The highest BCUT2D eigenvalue weighted by molar-refractivity contribution is 7.12. The largest absolute Gasteiger partial charge is 0.496 e. The monoisotopic (exact) mass is 301 g/mol. The summed E-state index contributed by atoms with van der Waals surface area (Å²) in [5.41, 5.74) is 1.71.